The standard InChI is InChI=1S/C27H32N2O5/c30-25(29(17-26(31)32)16-19-13-14-19)12-2-1-7-15-28-27(33)34-18-24-22-10-5-3-8-20(22)21-9-4-6-11-23(21)24/h3-6,8-11,19,24H,1-2,7,12-18H2,(H,28,33)(H,31,32). The van der Waals surface area contributed by atoms with E-state index in [1.807, 2.05) is 24.3 Å². The van der Waals surface area contributed by atoms with Crippen LogP contribution in [0.25, 0.3) is 11.1 Å². The molecule has 0 aromatic heterocycles. The first kappa shape index (κ1) is 23.8. The van der Waals surface area contributed by atoms with Crippen LogP contribution in [0.3, 0.4) is 0 Å². The first-order valence-electron chi connectivity index (χ1n) is 12.1. The Morgan fingerprint density at radius 1 is 0.941 bits per heavy atom. The number of carbonyl (C=O) groups excluding carboxylic acids is 2. The minimum atomic E-state index is -0.971. The summed E-state index contributed by atoms with van der Waals surface area (Å²) in [7, 11) is 0. The lowest BCUT2D eigenvalue weighted by molar-refractivity contribution is -0.144. The summed E-state index contributed by atoms with van der Waals surface area (Å²) >= 11 is 0. The van der Waals surface area contributed by atoms with Gasteiger partial charge in [0.15, 0.2) is 0 Å². The van der Waals surface area contributed by atoms with E-state index in [1.54, 1.807) is 0 Å². The summed E-state index contributed by atoms with van der Waals surface area (Å²) in [5.41, 5.74) is 4.75. The third-order valence-corrected chi connectivity index (χ3v) is 6.53. The number of unbranched alkanes of at least 4 members (excludes halogenated alkanes) is 2. The van der Waals surface area contributed by atoms with Gasteiger partial charge in [-0.05, 0) is 53.9 Å². The lowest BCUT2D eigenvalue weighted by atomic mass is 9.98. The molecule has 0 unspecified atom stereocenters. The number of carbonyl (C=O) groups is 3. The molecule has 7 heteroatoms. The van der Waals surface area contributed by atoms with Crippen LogP contribution in [0.1, 0.15) is 55.6 Å². The van der Waals surface area contributed by atoms with Crippen molar-refractivity contribution in [3.8, 4) is 11.1 Å². The van der Waals surface area contributed by atoms with E-state index in [0.29, 0.717) is 31.8 Å². The number of fused-ring (bicyclic) bond motifs is 3. The average molecular weight is 465 g/mol. The van der Waals surface area contributed by atoms with Gasteiger partial charge in [-0.25, -0.2) is 4.79 Å². The SMILES string of the molecule is O=C(O)CN(CC1CC1)C(=O)CCCCCNC(=O)OCC1c2ccccc2-c2ccccc21. The predicted molar refractivity (Wildman–Crippen MR) is 128 cm³/mol. The van der Waals surface area contributed by atoms with Gasteiger partial charge in [0.05, 0.1) is 0 Å². The molecule has 2 N–H and O–H groups in total. The topological polar surface area (TPSA) is 95.9 Å². The second-order valence-corrected chi connectivity index (χ2v) is 9.17. The highest BCUT2D eigenvalue weighted by Crippen LogP contribution is 2.44. The summed E-state index contributed by atoms with van der Waals surface area (Å²) in [6, 6.07) is 16.4. The molecule has 180 valence electrons. The monoisotopic (exact) mass is 464 g/mol. The highest BCUT2D eigenvalue weighted by atomic mass is 16.5. The average Bonchev–Trinajstić information content (AvgIpc) is 3.59. The number of nitrogens with zero attached hydrogens (tertiary/aromatic N) is 1. The van der Waals surface area contributed by atoms with Crippen LogP contribution in [0.2, 0.25) is 0 Å². The molecule has 0 radical (unpaired) electrons. The van der Waals surface area contributed by atoms with Crippen LogP contribution in [0.5, 0.6) is 0 Å². The van der Waals surface area contributed by atoms with Gasteiger partial charge in [-0.1, -0.05) is 55.0 Å². The fraction of sp³-hybridized carbons (Fsp3) is 0.444. The van der Waals surface area contributed by atoms with Crippen LogP contribution in [0.15, 0.2) is 48.5 Å². The lowest BCUT2D eigenvalue weighted by Crippen LogP contribution is -2.37. The number of benzene rings is 2. The number of nitrogens with one attached hydrogen (secondary N) is 1. The molecule has 2 aliphatic carbocycles. The molecule has 2 aromatic carbocycles. The van der Waals surface area contributed by atoms with Gasteiger partial charge in [-0.2, -0.15) is 0 Å². The van der Waals surface area contributed by atoms with Gasteiger partial charge in [-0.15, -0.1) is 0 Å². The lowest BCUT2D eigenvalue weighted by Gasteiger charge is -2.20. The first-order chi connectivity index (χ1) is 16.5. The predicted octanol–water partition coefficient (Wildman–Crippen LogP) is 4.41. The van der Waals surface area contributed by atoms with E-state index in [4.69, 9.17) is 9.84 Å². The molecule has 0 heterocycles. The van der Waals surface area contributed by atoms with Crippen molar-refractivity contribution in [1.82, 2.24) is 10.2 Å². The summed E-state index contributed by atoms with van der Waals surface area (Å²) < 4.78 is 5.53. The second-order valence-electron chi connectivity index (χ2n) is 9.17. The molecule has 2 amide bonds. The van der Waals surface area contributed by atoms with Crippen molar-refractivity contribution in [2.75, 3.05) is 26.2 Å². The van der Waals surface area contributed by atoms with Gasteiger partial charge in [-0.3, -0.25) is 9.59 Å². The van der Waals surface area contributed by atoms with Crippen LogP contribution in [-0.2, 0) is 14.3 Å². The second kappa shape index (κ2) is 11.2. The zero-order valence-corrected chi connectivity index (χ0v) is 19.4. The molecule has 2 aromatic rings. The molecule has 0 saturated heterocycles. The number of carboxylic acids is 1. The molecular formula is C27H32N2O5. The van der Waals surface area contributed by atoms with Gasteiger partial charge < -0.3 is 20.1 Å². The Bertz CT molecular complexity index is 988. The maximum atomic E-state index is 12.3. The fourth-order valence-electron chi connectivity index (χ4n) is 4.61. The number of alkyl carbamates (subject to hydrolysis) is 1. The maximum absolute atomic E-state index is 12.3. The molecule has 1 fully saturated rings. The van der Waals surface area contributed by atoms with Gasteiger partial charge >= 0.3 is 12.1 Å². The Morgan fingerprint density at radius 2 is 1.59 bits per heavy atom. The Kier molecular flexibility index (Phi) is 7.83. The summed E-state index contributed by atoms with van der Waals surface area (Å²) in [5, 5.41) is 11.8. The Hall–Kier alpha value is -3.35. The zero-order chi connectivity index (χ0) is 23.9. The van der Waals surface area contributed by atoms with Crippen LogP contribution >= 0.6 is 0 Å². The van der Waals surface area contributed by atoms with Crippen LogP contribution in [0, 0.1) is 5.92 Å². The summed E-state index contributed by atoms with van der Waals surface area (Å²) in [6.45, 7) is 1.09. The largest absolute Gasteiger partial charge is 0.480 e. The molecule has 0 aliphatic heterocycles. The van der Waals surface area contributed by atoms with Crippen LogP contribution < -0.4 is 5.32 Å². The normalized spacial score (nSPS) is 14.2. The van der Waals surface area contributed by atoms with Crippen molar-refractivity contribution >= 4 is 18.0 Å². The van der Waals surface area contributed by atoms with Crippen molar-refractivity contribution in [2.45, 2.75) is 44.4 Å². The number of carboxylic acid groups (broad SMARTS) is 1. The van der Waals surface area contributed by atoms with Crippen molar-refractivity contribution in [1.29, 1.82) is 0 Å². The molecule has 34 heavy (non-hydrogen) atoms. The molecule has 0 atom stereocenters. The summed E-state index contributed by atoms with van der Waals surface area (Å²) in [4.78, 5) is 37.0. The van der Waals surface area contributed by atoms with E-state index < -0.39 is 12.1 Å². The number of aliphatic carboxylic acids is 1. The molecular weight excluding hydrogens is 432 g/mol. The van der Waals surface area contributed by atoms with Gasteiger partial charge in [0, 0.05) is 25.4 Å². The van der Waals surface area contributed by atoms with Crippen molar-refractivity contribution in [2.24, 2.45) is 5.92 Å². The van der Waals surface area contributed by atoms with E-state index in [-0.39, 0.29) is 25.0 Å². The molecule has 4 rings (SSSR count). The van der Waals surface area contributed by atoms with Crippen molar-refractivity contribution in [3.05, 3.63) is 59.7 Å². The zero-order valence-electron chi connectivity index (χ0n) is 19.4. The highest BCUT2D eigenvalue weighted by Gasteiger charge is 2.29. The van der Waals surface area contributed by atoms with Crippen molar-refractivity contribution < 1.29 is 24.2 Å². The van der Waals surface area contributed by atoms with E-state index in [0.717, 1.165) is 25.7 Å². The highest BCUT2D eigenvalue weighted by molar-refractivity contribution is 5.81. The molecule has 0 bridgehead atoms. The number of amides is 2. The summed E-state index contributed by atoms with van der Waals surface area (Å²) in [5.74, 6) is -0.571. The van der Waals surface area contributed by atoms with Gasteiger partial charge in [0.25, 0.3) is 0 Å². The summed E-state index contributed by atoms with van der Waals surface area (Å²) in [6.07, 6.45) is 4.24. The molecule has 2 aliphatic rings. The number of rotatable bonds is 12. The van der Waals surface area contributed by atoms with E-state index in [2.05, 4.69) is 29.6 Å². The minimum absolute atomic E-state index is 0.0357. The van der Waals surface area contributed by atoms with Gasteiger partial charge in [0.1, 0.15) is 13.2 Å². The molecule has 1 saturated carbocycles. The fourth-order valence-corrected chi connectivity index (χ4v) is 4.61. The van der Waals surface area contributed by atoms with E-state index in [9.17, 15) is 14.4 Å². The Labute approximate surface area is 200 Å². The third kappa shape index (κ3) is 6.16. The number of hydrogen-bond donors (Lipinski definition) is 2. The Morgan fingerprint density at radius 3 is 2.21 bits per heavy atom. The minimum Gasteiger partial charge on any atom is -0.480 e. The number of ether oxygens (including phenoxy) is 1. The molecule has 7 nitrogen and oxygen atoms in total. The number of hydrogen-bond acceptors (Lipinski definition) is 4. The Balaban J connectivity index is 1.14. The van der Waals surface area contributed by atoms with E-state index >= 15 is 0 Å². The van der Waals surface area contributed by atoms with Crippen molar-refractivity contribution in [3.63, 3.8) is 0 Å². The van der Waals surface area contributed by atoms with Gasteiger partial charge in [0.2, 0.25) is 5.91 Å². The van der Waals surface area contributed by atoms with Crippen LogP contribution in [-0.4, -0.2) is 54.2 Å². The molecule has 0 spiro atoms. The maximum Gasteiger partial charge on any atom is 0.407 e. The third-order valence-electron chi connectivity index (χ3n) is 6.53. The van der Waals surface area contributed by atoms with Crippen LogP contribution in [0.4, 0.5) is 4.79 Å². The van der Waals surface area contributed by atoms with E-state index in [1.165, 1.54) is 27.2 Å². The quantitative estimate of drug-likeness (QED) is 0.454. The first-order valence-corrected chi connectivity index (χ1v) is 12.1. The smallest absolute Gasteiger partial charge is 0.407 e.